The van der Waals surface area contributed by atoms with Gasteiger partial charge in [0.1, 0.15) is 18.1 Å². The van der Waals surface area contributed by atoms with Gasteiger partial charge < -0.3 is 15.7 Å². The number of nitrogens with one attached hydrogen (secondary N) is 2. The molecule has 2 aliphatic rings. The molecule has 150 valence electrons. The van der Waals surface area contributed by atoms with Crippen molar-refractivity contribution in [1.29, 1.82) is 0 Å². The molecule has 3 N–H and O–H groups in total. The highest BCUT2D eigenvalue weighted by Gasteiger charge is 2.44. The van der Waals surface area contributed by atoms with Crippen LogP contribution >= 0.6 is 0 Å². The number of carboxylic acids is 1. The Hall–Kier alpha value is -2.90. The summed E-state index contributed by atoms with van der Waals surface area (Å²) in [5.74, 6) is -2.42. The third kappa shape index (κ3) is 3.58. The zero-order chi connectivity index (χ0) is 20.6. The lowest BCUT2D eigenvalue weighted by Crippen LogP contribution is -2.57. The molecule has 0 saturated carbocycles. The van der Waals surface area contributed by atoms with Crippen LogP contribution in [0.1, 0.15) is 38.3 Å². The molecule has 3 amide bonds. The molecular formula is C20H25N3O5. The predicted octanol–water partition coefficient (Wildman–Crippen LogP) is 0.621. The molecule has 0 radical (unpaired) electrons. The summed E-state index contributed by atoms with van der Waals surface area (Å²) in [6.45, 7) is 4.94. The van der Waals surface area contributed by atoms with Gasteiger partial charge in [0.05, 0.1) is 5.69 Å². The molecule has 2 heterocycles. The third-order valence-electron chi connectivity index (χ3n) is 5.32. The Morgan fingerprint density at radius 2 is 1.89 bits per heavy atom. The summed E-state index contributed by atoms with van der Waals surface area (Å²) in [7, 11) is 0. The predicted molar refractivity (Wildman–Crippen MR) is 102 cm³/mol. The van der Waals surface area contributed by atoms with Gasteiger partial charge in [-0.1, -0.05) is 32.0 Å². The number of amides is 3. The van der Waals surface area contributed by atoms with Crippen molar-refractivity contribution >= 4 is 29.4 Å². The van der Waals surface area contributed by atoms with Gasteiger partial charge in [0.2, 0.25) is 17.7 Å². The third-order valence-corrected chi connectivity index (χ3v) is 5.32. The number of benzene rings is 1. The smallest absolute Gasteiger partial charge is 0.327 e. The lowest BCUT2D eigenvalue weighted by atomic mass is 10.00. The van der Waals surface area contributed by atoms with E-state index in [1.54, 1.807) is 13.8 Å². The summed E-state index contributed by atoms with van der Waals surface area (Å²) in [4.78, 5) is 50.4. The molecule has 1 aromatic carbocycles. The minimum Gasteiger partial charge on any atom is -0.480 e. The van der Waals surface area contributed by atoms with Crippen LogP contribution in [0.4, 0.5) is 5.69 Å². The fourth-order valence-electron chi connectivity index (χ4n) is 3.98. The molecule has 3 rings (SSSR count). The molecule has 0 fully saturated rings. The van der Waals surface area contributed by atoms with Crippen molar-refractivity contribution in [3.05, 3.63) is 29.3 Å². The van der Waals surface area contributed by atoms with Crippen molar-refractivity contribution in [3.8, 4) is 0 Å². The fraction of sp³-hybridized carbons (Fsp3) is 0.500. The van der Waals surface area contributed by atoms with Crippen LogP contribution in [0.2, 0.25) is 0 Å². The number of hydrogen-bond donors (Lipinski definition) is 3. The van der Waals surface area contributed by atoms with E-state index >= 15 is 0 Å². The highest BCUT2D eigenvalue weighted by molar-refractivity contribution is 6.07. The zero-order valence-electron chi connectivity index (χ0n) is 16.2. The maximum absolute atomic E-state index is 13.2. The van der Waals surface area contributed by atoms with E-state index in [-0.39, 0.29) is 18.2 Å². The summed E-state index contributed by atoms with van der Waals surface area (Å²) in [6, 6.07) is 3.01. The zero-order valence-corrected chi connectivity index (χ0v) is 16.2. The number of aliphatic carboxylic acids is 1. The first-order valence-electron chi connectivity index (χ1n) is 9.44. The van der Waals surface area contributed by atoms with E-state index in [9.17, 15) is 24.3 Å². The molecule has 0 aromatic heterocycles. The van der Waals surface area contributed by atoms with Gasteiger partial charge in [0, 0.05) is 13.3 Å². The Labute approximate surface area is 163 Å². The Morgan fingerprint density at radius 3 is 2.50 bits per heavy atom. The molecular weight excluding hydrogens is 362 g/mol. The molecule has 8 nitrogen and oxygen atoms in total. The van der Waals surface area contributed by atoms with E-state index in [1.807, 2.05) is 18.2 Å². The van der Waals surface area contributed by atoms with Gasteiger partial charge in [-0.15, -0.1) is 0 Å². The van der Waals surface area contributed by atoms with Crippen molar-refractivity contribution in [2.75, 3.05) is 4.90 Å². The second-order valence-electron chi connectivity index (χ2n) is 7.71. The number of nitrogens with zero attached hydrogens (tertiary/aromatic N) is 1. The first-order valence-corrected chi connectivity index (χ1v) is 9.44. The van der Waals surface area contributed by atoms with Gasteiger partial charge in [0.15, 0.2) is 0 Å². The van der Waals surface area contributed by atoms with Crippen molar-refractivity contribution in [2.45, 2.75) is 58.2 Å². The van der Waals surface area contributed by atoms with E-state index < -0.39 is 35.9 Å². The van der Waals surface area contributed by atoms with E-state index in [0.717, 1.165) is 11.1 Å². The standard InChI is InChI=1S/C20H25N3O5/c1-10(2)16(21-11(3)24)18(25)22-14-8-7-12-5-4-6-13-9-15(20(27)28)23(17(12)13)19(14)26/h4-6,10,14-16H,7-9H2,1-3H3,(H,21,24)(H,22,25)(H,27,28)/t14-,15-,16-/m0/s1. The SMILES string of the molecule is CC(=O)N[C@H](C(=O)N[C@H]1CCc2cccc3c2N(C1=O)[C@H](C(=O)O)C3)C(C)C. The minimum absolute atomic E-state index is 0.160. The molecule has 0 aliphatic carbocycles. The first-order chi connectivity index (χ1) is 13.2. The number of carbonyl (C=O) groups excluding carboxylic acids is 3. The molecule has 0 unspecified atom stereocenters. The van der Waals surface area contributed by atoms with E-state index in [4.69, 9.17) is 0 Å². The molecule has 8 heteroatoms. The number of anilines is 1. The van der Waals surface area contributed by atoms with Gasteiger partial charge >= 0.3 is 5.97 Å². The molecule has 3 atom stereocenters. The highest BCUT2D eigenvalue weighted by atomic mass is 16.4. The van der Waals surface area contributed by atoms with Crippen LogP contribution in [0.25, 0.3) is 0 Å². The lowest BCUT2D eigenvalue weighted by Gasteiger charge is -2.28. The fourth-order valence-corrected chi connectivity index (χ4v) is 3.98. The van der Waals surface area contributed by atoms with Gasteiger partial charge in [-0.25, -0.2) is 4.79 Å². The Kier molecular flexibility index (Phi) is 5.40. The van der Waals surface area contributed by atoms with Crippen LogP contribution in [0.3, 0.4) is 0 Å². The van der Waals surface area contributed by atoms with Crippen LogP contribution in [0.5, 0.6) is 0 Å². The van der Waals surface area contributed by atoms with Gasteiger partial charge in [-0.3, -0.25) is 19.3 Å². The first kappa shape index (κ1) is 19.9. The average Bonchev–Trinajstić information content (AvgIpc) is 2.96. The largest absolute Gasteiger partial charge is 0.480 e. The molecule has 2 aliphatic heterocycles. The molecule has 28 heavy (non-hydrogen) atoms. The maximum Gasteiger partial charge on any atom is 0.327 e. The van der Waals surface area contributed by atoms with Crippen LogP contribution < -0.4 is 15.5 Å². The van der Waals surface area contributed by atoms with Crippen molar-refractivity contribution in [2.24, 2.45) is 5.92 Å². The Morgan fingerprint density at radius 1 is 1.21 bits per heavy atom. The average molecular weight is 387 g/mol. The van der Waals surface area contributed by atoms with E-state index in [2.05, 4.69) is 10.6 Å². The van der Waals surface area contributed by atoms with Crippen LogP contribution in [-0.2, 0) is 32.0 Å². The van der Waals surface area contributed by atoms with E-state index in [0.29, 0.717) is 18.5 Å². The second kappa shape index (κ2) is 7.61. The number of carbonyl (C=O) groups is 4. The minimum atomic E-state index is -1.07. The van der Waals surface area contributed by atoms with Gasteiger partial charge in [-0.2, -0.15) is 0 Å². The number of para-hydroxylation sites is 1. The highest BCUT2D eigenvalue weighted by Crippen LogP contribution is 2.39. The topological polar surface area (TPSA) is 116 Å². The number of hydrogen-bond acceptors (Lipinski definition) is 4. The van der Waals surface area contributed by atoms with Crippen molar-refractivity contribution < 1.29 is 24.3 Å². The Bertz CT molecular complexity index is 835. The lowest BCUT2D eigenvalue weighted by molar-refractivity contribution is -0.140. The summed E-state index contributed by atoms with van der Waals surface area (Å²) < 4.78 is 0. The second-order valence-corrected chi connectivity index (χ2v) is 7.71. The van der Waals surface area contributed by atoms with Gasteiger partial charge in [-0.05, 0) is 29.9 Å². The number of rotatable bonds is 5. The van der Waals surface area contributed by atoms with Crippen molar-refractivity contribution in [1.82, 2.24) is 10.6 Å². The van der Waals surface area contributed by atoms with Crippen LogP contribution in [0, 0.1) is 5.92 Å². The van der Waals surface area contributed by atoms with E-state index in [1.165, 1.54) is 11.8 Å². The summed E-state index contributed by atoms with van der Waals surface area (Å²) in [5, 5.41) is 15.0. The summed E-state index contributed by atoms with van der Waals surface area (Å²) in [6.07, 6.45) is 1.18. The summed E-state index contributed by atoms with van der Waals surface area (Å²) in [5.41, 5.74) is 2.41. The van der Waals surface area contributed by atoms with Gasteiger partial charge in [0.25, 0.3) is 0 Å². The molecule has 0 spiro atoms. The molecule has 0 bridgehead atoms. The maximum atomic E-state index is 13.2. The normalized spacial score (nSPS) is 21.7. The van der Waals surface area contributed by atoms with Crippen molar-refractivity contribution in [3.63, 3.8) is 0 Å². The monoisotopic (exact) mass is 387 g/mol. The number of carboxylic acid groups (broad SMARTS) is 1. The molecule has 1 aromatic rings. The molecule has 0 saturated heterocycles. The Balaban J connectivity index is 1.88. The quantitative estimate of drug-likeness (QED) is 0.685. The van der Waals surface area contributed by atoms with Crippen LogP contribution in [0.15, 0.2) is 18.2 Å². The van der Waals surface area contributed by atoms with Crippen LogP contribution in [-0.4, -0.2) is 46.9 Å². The number of aryl methyl sites for hydroxylation is 1. The summed E-state index contributed by atoms with van der Waals surface area (Å²) >= 11 is 0.